The fraction of sp³-hybridized carbons (Fsp3) is 0.500. The van der Waals surface area contributed by atoms with Gasteiger partial charge in [-0.2, -0.15) is 0 Å². The van der Waals surface area contributed by atoms with E-state index in [4.69, 9.17) is 0 Å². The average molecular weight is 156 g/mol. The Morgan fingerprint density at radius 2 is 2.36 bits per heavy atom. The normalized spacial score (nSPS) is 8.27. The number of hydrogen-bond acceptors (Lipinski definition) is 2. The number of aldehydes is 1. The van der Waals surface area contributed by atoms with Crippen molar-refractivity contribution in [3.8, 4) is 0 Å². The number of imidazole rings is 1. The van der Waals surface area contributed by atoms with Crippen molar-refractivity contribution in [2.24, 2.45) is 0 Å². The van der Waals surface area contributed by atoms with E-state index >= 15 is 0 Å². The zero-order valence-electron chi connectivity index (χ0n) is 7.22. The Morgan fingerprint density at radius 1 is 1.73 bits per heavy atom. The molecule has 0 saturated carbocycles. The Hall–Kier alpha value is -1.12. The number of H-pyrrole nitrogens is 1. The van der Waals surface area contributed by atoms with Gasteiger partial charge in [-0.3, -0.25) is 4.79 Å². The van der Waals surface area contributed by atoms with E-state index in [1.54, 1.807) is 6.20 Å². The summed E-state index contributed by atoms with van der Waals surface area (Å²) in [4.78, 5) is 16.7. The van der Waals surface area contributed by atoms with Crippen molar-refractivity contribution in [2.75, 3.05) is 0 Å². The maximum atomic E-state index is 10.0. The lowest BCUT2D eigenvalue weighted by Crippen LogP contribution is -1.82. The lowest BCUT2D eigenvalue weighted by molar-refractivity contribution is 0.111. The molecule has 1 aromatic heterocycles. The van der Waals surface area contributed by atoms with Gasteiger partial charge in [0.2, 0.25) is 0 Å². The van der Waals surface area contributed by atoms with Gasteiger partial charge in [0.15, 0.2) is 12.1 Å². The minimum atomic E-state index is 0. The van der Waals surface area contributed by atoms with Crippen molar-refractivity contribution >= 4 is 6.29 Å². The summed E-state index contributed by atoms with van der Waals surface area (Å²) in [6.07, 6.45) is 3.27. The van der Waals surface area contributed by atoms with Crippen LogP contribution in [-0.4, -0.2) is 16.3 Å². The van der Waals surface area contributed by atoms with E-state index in [0.29, 0.717) is 12.1 Å². The summed E-state index contributed by atoms with van der Waals surface area (Å²) in [6.45, 7) is 6.00. The first kappa shape index (κ1) is 9.88. The third-order valence-corrected chi connectivity index (χ3v) is 1.14. The summed E-state index contributed by atoms with van der Waals surface area (Å²) >= 11 is 0. The predicted octanol–water partition coefficient (Wildman–Crippen LogP) is 2.06. The molecule has 0 aliphatic carbocycles. The van der Waals surface area contributed by atoms with Gasteiger partial charge < -0.3 is 4.98 Å². The Kier molecular flexibility index (Phi) is 5.07. The van der Waals surface area contributed by atoms with Crippen LogP contribution in [0.3, 0.4) is 0 Å². The summed E-state index contributed by atoms with van der Waals surface area (Å²) in [5.74, 6) is 0.409. The summed E-state index contributed by atoms with van der Waals surface area (Å²) in [6, 6.07) is 0. The molecule has 1 aromatic rings. The average Bonchev–Trinajstić information content (AvgIpc) is 2.55. The molecule has 0 fully saturated rings. The molecule has 0 aromatic carbocycles. The molecule has 0 spiro atoms. The molecule has 0 radical (unpaired) electrons. The Labute approximate surface area is 68.3 Å². The number of nitrogens with one attached hydrogen (secondary N) is 1. The predicted molar refractivity (Wildman–Crippen MR) is 46.8 cm³/mol. The highest BCUT2D eigenvalue weighted by Gasteiger charge is 1.93. The number of aromatic amines is 1. The van der Waals surface area contributed by atoms with Crippen molar-refractivity contribution in [2.45, 2.75) is 27.2 Å². The zero-order valence-corrected chi connectivity index (χ0v) is 7.22. The molecule has 1 heterocycles. The van der Waals surface area contributed by atoms with Gasteiger partial charge >= 0.3 is 0 Å². The molecule has 0 unspecified atom stereocenters. The van der Waals surface area contributed by atoms with E-state index < -0.39 is 0 Å². The lowest BCUT2D eigenvalue weighted by Gasteiger charge is -1.81. The lowest BCUT2D eigenvalue weighted by atomic mass is 10.4. The summed E-state index contributed by atoms with van der Waals surface area (Å²) in [7, 11) is 0. The SMILES string of the molecule is CC.CCc1cnc(C=O)[nH]1.[HH]. The third-order valence-electron chi connectivity index (χ3n) is 1.14. The van der Waals surface area contributed by atoms with E-state index in [9.17, 15) is 4.79 Å². The maximum Gasteiger partial charge on any atom is 0.185 e. The van der Waals surface area contributed by atoms with Gasteiger partial charge in [0.25, 0.3) is 0 Å². The smallest absolute Gasteiger partial charge is 0.185 e. The highest BCUT2D eigenvalue weighted by Crippen LogP contribution is 1.93. The number of aryl methyl sites for hydroxylation is 1. The summed E-state index contributed by atoms with van der Waals surface area (Å²) in [5.41, 5.74) is 0.997. The van der Waals surface area contributed by atoms with E-state index in [0.717, 1.165) is 12.1 Å². The Morgan fingerprint density at radius 3 is 2.64 bits per heavy atom. The highest BCUT2D eigenvalue weighted by atomic mass is 16.1. The van der Waals surface area contributed by atoms with Crippen LogP contribution in [0.2, 0.25) is 0 Å². The molecule has 64 valence electrons. The second kappa shape index (κ2) is 5.65. The molecule has 1 rings (SSSR count). The largest absolute Gasteiger partial charge is 0.340 e. The fourth-order valence-corrected chi connectivity index (χ4v) is 0.616. The number of rotatable bonds is 2. The standard InChI is InChI=1S/C6H8N2O.C2H6.H2/c1-2-5-3-7-6(4-9)8-5;1-2;/h3-4H,2H2,1H3,(H,7,8);1-2H3;1H. The molecule has 0 aliphatic heterocycles. The quantitative estimate of drug-likeness (QED) is 0.666. The molecule has 0 atom stereocenters. The van der Waals surface area contributed by atoms with Crippen LogP contribution in [0.15, 0.2) is 6.20 Å². The van der Waals surface area contributed by atoms with Gasteiger partial charge in [-0.15, -0.1) is 0 Å². The molecule has 0 amide bonds. The van der Waals surface area contributed by atoms with Gasteiger partial charge in [-0.1, -0.05) is 20.8 Å². The number of aromatic nitrogens is 2. The van der Waals surface area contributed by atoms with Crippen LogP contribution in [0, 0.1) is 0 Å². The van der Waals surface area contributed by atoms with Gasteiger partial charge in [-0.05, 0) is 6.42 Å². The van der Waals surface area contributed by atoms with Gasteiger partial charge in [0, 0.05) is 13.3 Å². The summed E-state index contributed by atoms with van der Waals surface area (Å²) in [5, 5.41) is 0. The second-order valence-corrected chi connectivity index (χ2v) is 1.77. The van der Waals surface area contributed by atoms with Gasteiger partial charge in [0.1, 0.15) is 0 Å². The molecule has 0 aliphatic rings. The van der Waals surface area contributed by atoms with Crippen LogP contribution in [0.5, 0.6) is 0 Å². The van der Waals surface area contributed by atoms with Crippen LogP contribution < -0.4 is 0 Å². The first-order valence-corrected chi connectivity index (χ1v) is 3.86. The first-order valence-electron chi connectivity index (χ1n) is 3.86. The molecule has 3 nitrogen and oxygen atoms in total. The maximum absolute atomic E-state index is 10.0. The van der Waals surface area contributed by atoms with Gasteiger partial charge in [-0.25, -0.2) is 4.98 Å². The van der Waals surface area contributed by atoms with Crippen LogP contribution in [0.4, 0.5) is 0 Å². The van der Waals surface area contributed by atoms with E-state index in [1.165, 1.54) is 0 Å². The Bertz CT molecular complexity index is 211. The molecular formula is C8H16N2O. The van der Waals surface area contributed by atoms with Crippen LogP contribution >= 0.6 is 0 Å². The van der Waals surface area contributed by atoms with Crippen molar-refractivity contribution in [3.63, 3.8) is 0 Å². The minimum Gasteiger partial charge on any atom is -0.340 e. The third kappa shape index (κ3) is 2.98. The van der Waals surface area contributed by atoms with Crippen molar-refractivity contribution < 1.29 is 6.22 Å². The molecular weight excluding hydrogens is 140 g/mol. The van der Waals surface area contributed by atoms with E-state index in [1.807, 2.05) is 20.8 Å². The van der Waals surface area contributed by atoms with Crippen LogP contribution in [-0.2, 0) is 6.42 Å². The number of carbonyl (C=O) groups excluding carboxylic acids is 1. The van der Waals surface area contributed by atoms with E-state index in [2.05, 4.69) is 9.97 Å². The van der Waals surface area contributed by atoms with Crippen molar-refractivity contribution in [1.29, 1.82) is 0 Å². The molecule has 1 N–H and O–H groups in total. The zero-order chi connectivity index (χ0) is 8.69. The first-order chi connectivity index (χ1) is 5.36. The number of hydrogen-bond donors (Lipinski definition) is 1. The van der Waals surface area contributed by atoms with Crippen molar-refractivity contribution in [3.05, 3.63) is 17.7 Å². The van der Waals surface area contributed by atoms with Crippen LogP contribution in [0.25, 0.3) is 0 Å². The molecule has 11 heavy (non-hydrogen) atoms. The minimum absolute atomic E-state index is 0. The second-order valence-electron chi connectivity index (χ2n) is 1.77. The van der Waals surface area contributed by atoms with Crippen molar-refractivity contribution in [1.82, 2.24) is 9.97 Å². The Balaban J connectivity index is 0. The number of nitrogens with zero attached hydrogens (tertiary/aromatic N) is 1. The topological polar surface area (TPSA) is 45.8 Å². The monoisotopic (exact) mass is 156 g/mol. The highest BCUT2D eigenvalue weighted by molar-refractivity contribution is 5.68. The molecule has 0 saturated heterocycles. The fourth-order valence-electron chi connectivity index (χ4n) is 0.616. The molecule has 0 bridgehead atoms. The number of carbonyl (C=O) groups is 1. The summed E-state index contributed by atoms with van der Waals surface area (Å²) < 4.78 is 0. The van der Waals surface area contributed by atoms with Gasteiger partial charge in [0.05, 0.1) is 0 Å². The van der Waals surface area contributed by atoms with Crippen LogP contribution in [0.1, 0.15) is 38.5 Å². The van der Waals surface area contributed by atoms with E-state index in [-0.39, 0.29) is 1.43 Å². The molecule has 3 heteroatoms.